The topological polar surface area (TPSA) is 78.9 Å². The number of nitrogens with zero attached hydrogens (tertiary/aromatic N) is 2. The molecule has 1 aromatic heterocycles. The van der Waals surface area contributed by atoms with Gasteiger partial charge in [0.1, 0.15) is 5.82 Å². The van der Waals surface area contributed by atoms with Gasteiger partial charge in [0.05, 0.1) is 0 Å². The average Bonchev–Trinajstić information content (AvgIpc) is 2.80. The first-order valence-corrected chi connectivity index (χ1v) is 11.4. The number of rotatable bonds is 8. The smallest absolute Gasteiger partial charge is 0.229 e. The van der Waals surface area contributed by atoms with Gasteiger partial charge in [0.25, 0.3) is 0 Å². The lowest BCUT2D eigenvalue weighted by molar-refractivity contribution is -0.116. The molecule has 0 aliphatic carbocycles. The minimum Gasteiger partial charge on any atom is -0.340 e. The largest absolute Gasteiger partial charge is 0.340 e. The van der Waals surface area contributed by atoms with Gasteiger partial charge in [-0.05, 0) is 74.4 Å². The molecule has 7 heteroatoms. The fourth-order valence-corrected chi connectivity index (χ4v) is 3.63. The van der Waals surface area contributed by atoms with E-state index in [1.54, 1.807) is 0 Å². The van der Waals surface area contributed by atoms with Gasteiger partial charge in [0, 0.05) is 40.3 Å². The Balaban J connectivity index is 1.34. The summed E-state index contributed by atoms with van der Waals surface area (Å²) in [6, 6.07) is 25.0. The van der Waals surface area contributed by atoms with Gasteiger partial charge < -0.3 is 16.0 Å². The second-order valence-electron chi connectivity index (χ2n) is 8.09. The Morgan fingerprint density at radius 3 is 2.24 bits per heavy atom. The molecule has 1 amide bonds. The maximum atomic E-state index is 12.3. The molecule has 0 unspecified atom stereocenters. The molecule has 0 spiro atoms. The van der Waals surface area contributed by atoms with Crippen LogP contribution in [0.1, 0.15) is 23.2 Å². The number of halogens is 1. The maximum absolute atomic E-state index is 12.3. The predicted molar refractivity (Wildman–Crippen MR) is 139 cm³/mol. The fraction of sp³-hybridized carbons (Fsp3) is 0.148. The predicted octanol–water partition coefficient (Wildman–Crippen LogP) is 6.81. The maximum Gasteiger partial charge on any atom is 0.229 e. The zero-order valence-electron chi connectivity index (χ0n) is 19.1. The van der Waals surface area contributed by atoms with Crippen molar-refractivity contribution in [2.45, 2.75) is 26.7 Å². The minimum atomic E-state index is -0.0427. The van der Waals surface area contributed by atoms with Crippen molar-refractivity contribution in [3.8, 4) is 0 Å². The van der Waals surface area contributed by atoms with Gasteiger partial charge in [-0.3, -0.25) is 4.79 Å². The Labute approximate surface area is 204 Å². The molecule has 0 saturated carbocycles. The van der Waals surface area contributed by atoms with E-state index in [2.05, 4.69) is 25.9 Å². The van der Waals surface area contributed by atoms with Crippen LogP contribution in [0, 0.1) is 13.8 Å². The molecule has 0 bridgehead atoms. The quantitative estimate of drug-likeness (QED) is 0.263. The Morgan fingerprint density at radius 2 is 1.50 bits per heavy atom. The first-order valence-electron chi connectivity index (χ1n) is 11.0. The number of anilines is 5. The number of hydrogen-bond donors (Lipinski definition) is 3. The Morgan fingerprint density at radius 1 is 0.824 bits per heavy atom. The molecule has 3 aromatic carbocycles. The van der Waals surface area contributed by atoms with Crippen molar-refractivity contribution in [3.63, 3.8) is 0 Å². The zero-order chi connectivity index (χ0) is 23.9. The third-order valence-electron chi connectivity index (χ3n) is 5.13. The molecule has 0 aliphatic rings. The van der Waals surface area contributed by atoms with Crippen LogP contribution < -0.4 is 16.0 Å². The van der Waals surface area contributed by atoms with E-state index >= 15 is 0 Å². The van der Waals surface area contributed by atoms with Crippen LogP contribution >= 0.6 is 11.6 Å². The molecule has 0 fully saturated rings. The van der Waals surface area contributed by atoms with E-state index in [1.807, 2.05) is 92.7 Å². The SMILES string of the molecule is Cc1ccc(Nc2nc(C)cc(Nc3ccc(NC(=O)CCc4cccc(Cl)c4)cc3)n2)cc1. The second kappa shape index (κ2) is 10.8. The molecule has 4 aromatic rings. The monoisotopic (exact) mass is 471 g/mol. The van der Waals surface area contributed by atoms with Gasteiger partial charge in [-0.2, -0.15) is 4.98 Å². The van der Waals surface area contributed by atoms with Gasteiger partial charge in [0.15, 0.2) is 0 Å². The summed E-state index contributed by atoms with van der Waals surface area (Å²) in [5.74, 6) is 1.16. The van der Waals surface area contributed by atoms with Gasteiger partial charge in [0.2, 0.25) is 11.9 Å². The van der Waals surface area contributed by atoms with Crippen LogP contribution in [-0.4, -0.2) is 15.9 Å². The molecule has 0 saturated heterocycles. The van der Waals surface area contributed by atoms with E-state index in [0.717, 1.165) is 28.3 Å². The van der Waals surface area contributed by atoms with Crippen LogP contribution in [-0.2, 0) is 11.2 Å². The summed E-state index contributed by atoms with van der Waals surface area (Å²) in [7, 11) is 0. The molecule has 0 atom stereocenters. The van der Waals surface area contributed by atoms with E-state index < -0.39 is 0 Å². The lowest BCUT2D eigenvalue weighted by Crippen LogP contribution is -2.12. The summed E-state index contributed by atoms with van der Waals surface area (Å²) >= 11 is 6.00. The number of aryl methyl sites for hydroxylation is 3. The molecule has 0 aliphatic heterocycles. The lowest BCUT2D eigenvalue weighted by Gasteiger charge is -2.11. The van der Waals surface area contributed by atoms with Gasteiger partial charge in [-0.1, -0.05) is 41.4 Å². The van der Waals surface area contributed by atoms with E-state index in [1.165, 1.54) is 5.56 Å². The Kier molecular flexibility index (Phi) is 7.40. The number of aromatic nitrogens is 2. The van der Waals surface area contributed by atoms with Crippen molar-refractivity contribution in [2.75, 3.05) is 16.0 Å². The third-order valence-corrected chi connectivity index (χ3v) is 5.37. The summed E-state index contributed by atoms with van der Waals surface area (Å²) < 4.78 is 0. The van der Waals surface area contributed by atoms with Crippen molar-refractivity contribution in [2.24, 2.45) is 0 Å². The summed E-state index contributed by atoms with van der Waals surface area (Å²) in [4.78, 5) is 21.3. The number of benzene rings is 3. The van der Waals surface area contributed by atoms with Crippen molar-refractivity contribution in [1.82, 2.24) is 9.97 Å². The molecule has 172 valence electrons. The van der Waals surface area contributed by atoms with Crippen molar-refractivity contribution in [1.29, 1.82) is 0 Å². The Bertz CT molecular complexity index is 1270. The average molecular weight is 472 g/mol. The third kappa shape index (κ3) is 6.80. The molecule has 6 nitrogen and oxygen atoms in total. The first-order chi connectivity index (χ1) is 16.4. The summed E-state index contributed by atoms with van der Waals surface area (Å²) in [6.45, 7) is 3.97. The molecular formula is C27H26ClN5O. The number of nitrogens with one attached hydrogen (secondary N) is 3. The highest BCUT2D eigenvalue weighted by Gasteiger charge is 2.06. The lowest BCUT2D eigenvalue weighted by atomic mass is 10.1. The summed E-state index contributed by atoms with van der Waals surface area (Å²) in [6.07, 6.45) is 1.02. The van der Waals surface area contributed by atoms with Crippen LogP contribution in [0.3, 0.4) is 0 Å². The molecule has 4 rings (SSSR count). The van der Waals surface area contributed by atoms with E-state index in [-0.39, 0.29) is 5.91 Å². The second-order valence-corrected chi connectivity index (χ2v) is 8.53. The molecule has 34 heavy (non-hydrogen) atoms. The number of hydrogen-bond acceptors (Lipinski definition) is 5. The van der Waals surface area contributed by atoms with Crippen LogP contribution in [0.15, 0.2) is 78.9 Å². The van der Waals surface area contributed by atoms with Crippen LogP contribution in [0.5, 0.6) is 0 Å². The van der Waals surface area contributed by atoms with Gasteiger partial charge >= 0.3 is 0 Å². The van der Waals surface area contributed by atoms with Crippen molar-refractivity contribution < 1.29 is 4.79 Å². The van der Waals surface area contributed by atoms with Crippen LogP contribution in [0.25, 0.3) is 0 Å². The molecular weight excluding hydrogens is 446 g/mol. The normalized spacial score (nSPS) is 10.6. The van der Waals surface area contributed by atoms with Gasteiger partial charge in [-0.15, -0.1) is 0 Å². The summed E-state index contributed by atoms with van der Waals surface area (Å²) in [5, 5.41) is 10.1. The number of carbonyl (C=O) groups is 1. The highest BCUT2D eigenvalue weighted by Crippen LogP contribution is 2.21. The summed E-state index contributed by atoms with van der Waals surface area (Å²) in [5.41, 5.74) is 5.60. The van der Waals surface area contributed by atoms with Crippen molar-refractivity contribution >= 4 is 46.3 Å². The Hall–Kier alpha value is -3.90. The fourth-order valence-electron chi connectivity index (χ4n) is 3.41. The van der Waals surface area contributed by atoms with E-state index in [9.17, 15) is 4.79 Å². The van der Waals surface area contributed by atoms with Crippen LogP contribution in [0.2, 0.25) is 5.02 Å². The van der Waals surface area contributed by atoms with Crippen LogP contribution in [0.4, 0.5) is 28.8 Å². The highest BCUT2D eigenvalue weighted by atomic mass is 35.5. The van der Waals surface area contributed by atoms with E-state index in [0.29, 0.717) is 29.6 Å². The van der Waals surface area contributed by atoms with Crippen molar-refractivity contribution in [3.05, 3.63) is 101 Å². The van der Waals surface area contributed by atoms with E-state index in [4.69, 9.17) is 11.6 Å². The zero-order valence-corrected chi connectivity index (χ0v) is 19.9. The first kappa shape index (κ1) is 23.3. The highest BCUT2D eigenvalue weighted by molar-refractivity contribution is 6.30. The number of carbonyl (C=O) groups excluding carboxylic acids is 1. The molecule has 3 N–H and O–H groups in total. The van der Waals surface area contributed by atoms with Gasteiger partial charge in [-0.25, -0.2) is 4.98 Å². The number of amides is 1. The standard InChI is InChI=1S/C27H26ClN5O/c1-18-6-9-24(10-7-18)32-27-29-19(2)16-25(33-27)30-22-11-13-23(14-12-22)31-26(34)15-8-20-4-3-5-21(28)17-20/h3-7,9-14,16-17H,8,15H2,1-2H3,(H,31,34)(H2,29,30,32,33). The molecule has 1 heterocycles. The minimum absolute atomic E-state index is 0.0427. The molecule has 0 radical (unpaired) electrons.